The molecule has 38 heavy (non-hydrogen) atoms. The van der Waals surface area contributed by atoms with Crippen molar-refractivity contribution in [2.24, 2.45) is 4.99 Å². The molecule has 5 nitrogen and oxygen atoms in total. The smallest absolute Gasteiger partial charge is 0.266 e. The quantitative estimate of drug-likeness (QED) is 0.280. The number of aryl methyl sites for hydroxylation is 5. The highest BCUT2D eigenvalue weighted by Crippen LogP contribution is 2.37. The van der Waals surface area contributed by atoms with Gasteiger partial charge in [0.2, 0.25) is 0 Å². The van der Waals surface area contributed by atoms with Crippen molar-refractivity contribution in [3.8, 4) is 11.5 Å². The van der Waals surface area contributed by atoms with Crippen LogP contribution in [-0.4, -0.2) is 29.1 Å². The minimum atomic E-state index is -0.0360. The van der Waals surface area contributed by atoms with Crippen molar-refractivity contribution < 1.29 is 14.3 Å². The average Bonchev–Trinajstić information content (AvgIpc) is 3.15. The van der Waals surface area contributed by atoms with E-state index in [1.165, 1.54) is 34.0 Å². The number of carbonyl (C=O) groups excluding carboxylic acids is 1. The minimum Gasteiger partial charge on any atom is -0.490 e. The summed E-state index contributed by atoms with van der Waals surface area (Å²) in [4.78, 5) is 20.5. The molecule has 198 valence electrons. The molecule has 0 N–H and O–H groups in total. The summed E-state index contributed by atoms with van der Waals surface area (Å²) >= 11 is 1.41. The Morgan fingerprint density at radius 1 is 0.868 bits per heavy atom. The molecule has 1 fully saturated rings. The highest BCUT2D eigenvalue weighted by atomic mass is 32.2. The van der Waals surface area contributed by atoms with E-state index in [1.807, 2.05) is 70.2 Å². The molecule has 6 heteroatoms. The third-order valence-corrected chi connectivity index (χ3v) is 7.64. The molecule has 0 unspecified atom stereocenters. The number of nitrogens with zero attached hydrogens (tertiary/aromatic N) is 2. The van der Waals surface area contributed by atoms with E-state index in [2.05, 4.69) is 32.9 Å². The largest absolute Gasteiger partial charge is 0.490 e. The lowest BCUT2D eigenvalue weighted by atomic mass is 10.0. The Balaban J connectivity index is 1.60. The van der Waals surface area contributed by atoms with Crippen LogP contribution in [0.15, 0.2) is 58.4 Å². The Hall–Kier alpha value is -3.51. The topological polar surface area (TPSA) is 51.1 Å². The fraction of sp³-hybridized carbons (Fsp3) is 0.312. The molecule has 0 radical (unpaired) electrons. The van der Waals surface area contributed by atoms with Crippen LogP contribution in [0.2, 0.25) is 0 Å². The molecule has 1 saturated heterocycles. The molecule has 1 aliphatic heterocycles. The molecule has 1 heterocycles. The number of para-hydroxylation sites is 1. The number of hydrogen-bond acceptors (Lipinski definition) is 5. The number of amidine groups is 1. The molecule has 4 rings (SSSR count). The van der Waals surface area contributed by atoms with Crippen molar-refractivity contribution in [2.45, 2.75) is 55.1 Å². The van der Waals surface area contributed by atoms with E-state index >= 15 is 0 Å². The molecule has 0 saturated carbocycles. The minimum absolute atomic E-state index is 0.0360. The average molecular weight is 529 g/mol. The van der Waals surface area contributed by atoms with Gasteiger partial charge < -0.3 is 9.47 Å². The normalized spacial score (nSPS) is 15.6. The summed E-state index contributed by atoms with van der Waals surface area (Å²) in [7, 11) is 0. The predicted octanol–water partition coefficient (Wildman–Crippen LogP) is 7.83. The van der Waals surface area contributed by atoms with E-state index in [9.17, 15) is 4.79 Å². The molecular formula is C32H36N2O3S. The highest BCUT2D eigenvalue weighted by Gasteiger charge is 2.32. The number of amides is 1. The lowest BCUT2D eigenvalue weighted by molar-refractivity contribution is -0.122. The molecule has 0 spiro atoms. The molecular weight excluding hydrogens is 492 g/mol. The third kappa shape index (κ3) is 5.97. The van der Waals surface area contributed by atoms with E-state index in [4.69, 9.17) is 14.5 Å². The molecule has 0 bridgehead atoms. The van der Waals surface area contributed by atoms with Gasteiger partial charge in [0.15, 0.2) is 16.7 Å². The van der Waals surface area contributed by atoms with Crippen molar-refractivity contribution >= 4 is 34.6 Å². The summed E-state index contributed by atoms with van der Waals surface area (Å²) in [5.74, 6) is 1.31. The second-order valence-electron chi connectivity index (χ2n) is 9.60. The van der Waals surface area contributed by atoms with Crippen LogP contribution in [0.3, 0.4) is 0 Å². The Morgan fingerprint density at radius 2 is 1.55 bits per heavy atom. The van der Waals surface area contributed by atoms with Crippen LogP contribution in [-0.2, 0) is 11.4 Å². The Kier molecular flexibility index (Phi) is 8.62. The van der Waals surface area contributed by atoms with Gasteiger partial charge in [-0.3, -0.25) is 9.69 Å². The summed E-state index contributed by atoms with van der Waals surface area (Å²) in [6, 6.07) is 16.3. The van der Waals surface area contributed by atoms with Gasteiger partial charge in [-0.1, -0.05) is 42.0 Å². The fourth-order valence-corrected chi connectivity index (χ4v) is 5.74. The van der Waals surface area contributed by atoms with Gasteiger partial charge in [-0.15, -0.1) is 0 Å². The van der Waals surface area contributed by atoms with Gasteiger partial charge in [0, 0.05) is 6.54 Å². The highest BCUT2D eigenvalue weighted by molar-refractivity contribution is 8.18. The Labute approximate surface area is 230 Å². The van der Waals surface area contributed by atoms with Gasteiger partial charge in [0.1, 0.15) is 6.61 Å². The molecule has 1 aliphatic rings. The number of likely N-dealkylation sites (N-methyl/N-ethyl adjacent to an activating group) is 1. The Morgan fingerprint density at radius 3 is 2.18 bits per heavy atom. The van der Waals surface area contributed by atoms with Crippen LogP contribution in [0.25, 0.3) is 6.08 Å². The van der Waals surface area contributed by atoms with Gasteiger partial charge in [0.25, 0.3) is 5.91 Å². The van der Waals surface area contributed by atoms with E-state index < -0.39 is 0 Å². The maximum Gasteiger partial charge on any atom is 0.266 e. The fourth-order valence-electron chi connectivity index (χ4n) is 4.69. The van der Waals surface area contributed by atoms with Crippen LogP contribution in [0.1, 0.15) is 52.8 Å². The summed E-state index contributed by atoms with van der Waals surface area (Å²) < 4.78 is 12.1. The summed E-state index contributed by atoms with van der Waals surface area (Å²) in [6.07, 6.45) is 1.91. The van der Waals surface area contributed by atoms with Crippen molar-refractivity contribution in [3.63, 3.8) is 0 Å². The van der Waals surface area contributed by atoms with Crippen molar-refractivity contribution in [1.29, 1.82) is 0 Å². The first kappa shape index (κ1) is 27.5. The first-order chi connectivity index (χ1) is 18.2. The van der Waals surface area contributed by atoms with E-state index in [1.54, 1.807) is 4.90 Å². The second kappa shape index (κ2) is 11.9. The van der Waals surface area contributed by atoms with Crippen LogP contribution < -0.4 is 9.47 Å². The molecule has 3 aromatic carbocycles. The van der Waals surface area contributed by atoms with Gasteiger partial charge >= 0.3 is 0 Å². The van der Waals surface area contributed by atoms with E-state index in [0.29, 0.717) is 41.3 Å². The van der Waals surface area contributed by atoms with Gasteiger partial charge in [-0.25, -0.2) is 4.99 Å². The third-order valence-electron chi connectivity index (χ3n) is 6.63. The van der Waals surface area contributed by atoms with Crippen LogP contribution >= 0.6 is 11.8 Å². The van der Waals surface area contributed by atoms with Crippen molar-refractivity contribution in [2.75, 3.05) is 13.2 Å². The number of carbonyl (C=O) groups is 1. The maximum absolute atomic E-state index is 13.2. The predicted molar refractivity (Wildman–Crippen MR) is 159 cm³/mol. The Bertz CT molecular complexity index is 1380. The first-order valence-corrected chi connectivity index (χ1v) is 13.9. The number of aliphatic imine (C=N–C) groups is 1. The van der Waals surface area contributed by atoms with Crippen LogP contribution in [0.4, 0.5) is 5.69 Å². The number of rotatable bonds is 8. The van der Waals surface area contributed by atoms with Crippen molar-refractivity contribution in [1.82, 2.24) is 4.90 Å². The lowest BCUT2D eigenvalue weighted by Crippen LogP contribution is -2.28. The number of hydrogen-bond donors (Lipinski definition) is 0. The molecule has 3 aromatic rings. The van der Waals surface area contributed by atoms with Crippen LogP contribution in [0, 0.1) is 34.6 Å². The number of thioether (sulfide) groups is 1. The SMILES string of the molecule is CCOc1cc(/C=C2/SC(=Nc3c(C)cccc3C)N(CC)C2=O)ccc1OCc1c(C)cc(C)cc1C. The first-order valence-electron chi connectivity index (χ1n) is 13.0. The standard InChI is InChI=1S/C32H36N2O3S/c1-8-34-31(35)29(38-32(34)33-30-21(4)11-10-12-22(30)5)18-25-13-14-27(28(17-25)36-9-2)37-19-26-23(6)15-20(3)16-24(26)7/h10-18H,8-9,19H2,1-7H3/b29-18+,33-32?. The zero-order valence-corrected chi connectivity index (χ0v) is 24.2. The molecule has 0 atom stereocenters. The summed E-state index contributed by atoms with van der Waals surface area (Å²) in [5, 5.41) is 0.704. The maximum atomic E-state index is 13.2. The van der Waals surface area contributed by atoms with Gasteiger partial charge in [-0.05, 0) is 112 Å². The molecule has 0 aliphatic carbocycles. The number of ether oxygens (including phenoxy) is 2. The van der Waals surface area contributed by atoms with E-state index in [0.717, 1.165) is 22.4 Å². The van der Waals surface area contributed by atoms with Gasteiger partial charge in [-0.2, -0.15) is 0 Å². The zero-order chi connectivity index (χ0) is 27.4. The van der Waals surface area contributed by atoms with Crippen molar-refractivity contribution in [3.05, 3.63) is 92.4 Å². The van der Waals surface area contributed by atoms with E-state index in [-0.39, 0.29) is 5.91 Å². The molecule has 0 aromatic heterocycles. The number of benzene rings is 3. The lowest BCUT2D eigenvalue weighted by Gasteiger charge is -2.16. The summed E-state index contributed by atoms with van der Waals surface area (Å²) in [5.41, 5.74) is 8.85. The van der Waals surface area contributed by atoms with Crippen LogP contribution in [0.5, 0.6) is 11.5 Å². The zero-order valence-electron chi connectivity index (χ0n) is 23.3. The second-order valence-corrected chi connectivity index (χ2v) is 10.6. The van der Waals surface area contributed by atoms with Gasteiger partial charge in [0.05, 0.1) is 17.2 Å². The monoisotopic (exact) mass is 528 g/mol. The summed E-state index contributed by atoms with van der Waals surface area (Å²) in [6.45, 7) is 15.9. The molecule has 1 amide bonds.